The number of aliphatic hydroxyl groups is 1. The highest BCUT2D eigenvalue weighted by atomic mass is 79.9. The van der Waals surface area contributed by atoms with Crippen LogP contribution in [0.2, 0.25) is 0 Å². The van der Waals surface area contributed by atoms with Crippen LogP contribution in [-0.4, -0.2) is 20.5 Å². The molecule has 108 valence electrons. The molecule has 0 amide bonds. The first-order chi connectivity index (χ1) is 8.95. The molecule has 1 atom stereocenters. The Morgan fingerprint density at radius 1 is 1.37 bits per heavy atom. The van der Waals surface area contributed by atoms with E-state index in [4.69, 9.17) is 0 Å². The van der Waals surface area contributed by atoms with Crippen molar-refractivity contribution in [2.24, 2.45) is 5.92 Å². The Labute approximate surface area is 124 Å². The number of nitrogens with zero attached hydrogens (tertiary/aromatic N) is 2. The smallest absolute Gasteiger partial charge is 0.0738 e. The molecule has 3 nitrogen and oxygen atoms in total. The maximum Gasteiger partial charge on any atom is 0.0738 e. The molecule has 2 rings (SSSR count). The van der Waals surface area contributed by atoms with Gasteiger partial charge in [-0.25, -0.2) is 0 Å². The standard InChI is InChI=1S/C15H25BrN2O/c1-4-18-13(14(16)11(2)17-18)10-15(3,19)12-8-6-5-7-9-12/h12,19H,4-10H2,1-3H3. The summed E-state index contributed by atoms with van der Waals surface area (Å²) >= 11 is 3.62. The van der Waals surface area contributed by atoms with Crippen molar-refractivity contribution >= 4 is 15.9 Å². The minimum atomic E-state index is -0.623. The molecule has 1 N–H and O–H groups in total. The van der Waals surface area contributed by atoms with E-state index < -0.39 is 5.60 Å². The monoisotopic (exact) mass is 328 g/mol. The fourth-order valence-corrected chi connectivity index (χ4v) is 3.67. The number of rotatable bonds is 4. The van der Waals surface area contributed by atoms with Gasteiger partial charge in [0.1, 0.15) is 0 Å². The first-order valence-corrected chi connectivity index (χ1v) is 8.19. The normalized spacial score (nSPS) is 20.5. The van der Waals surface area contributed by atoms with E-state index in [0.29, 0.717) is 12.3 Å². The van der Waals surface area contributed by atoms with Gasteiger partial charge in [0.15, 0.2) is 0 Å². The van der Waals surface area contributed by atoms with Crippen molar-refractivity contribution in [3.8, 4) is 0 Å². The summed E-state index contributed by atoms with van der Waals surface area (Å²) in [5.74, 6) is 0.425. The van der Waals surface area contributed by atoms with Crippen LogP contribution in [0.25, 0.3) is 0 Å². The lowest BCUT2D eigenvalue weighted by molar-refractivity contribution is -0.0176. The van der Waals surface area contributed by atoms with E-state index in [0.717, 1.165) is 35.2 Å². The van der Waals surface area contributed by atoms with Crippen LogP contribution in [0.1, 0.15) is 57.3 Å². The quantitative estimate of drug-likeness (QED) is 0.911. The second kappa shape index (κ2) is 5.96. The van der Waals surface area contributed by atoms with Crippen molar-refractivity contribution in [2.45, 2.75) is 71.4 Å². The van der Waals surface area contributed by atoms with Gasteiger partial charge in [0.25, 0.3) is 0 Å². The highest BCUT2D eigenvalue weighted by molar-refractivity contribution is 9.10. The van der Waals surface area contributed by atoms with Gasteiger partial charge in [-0.2, -0.15) is 5.10 Å². The summed E-state index contributed by atoms with van der Waals surface area (Å²) in [6.07, 6.45) is 6.84. The van der Waals surface area contributed by atoms with Gasteiger partial charge in [0.2, 0.25) is 0 Å². The molecule has 0 spiro atoms. The van der Waals surface area contributed by atoms with Gasteiger partial charge in [-0.3, -0.25) is 4.68 Å². The van der Waals surface area contributed by atoms with Gasteiger partial charge < -0.3 is 5.11 Å². The molecule has 4 heteroatoms. The SMILES string of the molecule is CCn1nc(C)c(Br)c1CC(C)(O)C1CCCCC1. The van der Waals surface area contributed by atoms with Crippen LogP contribution in [-0.2, 0) is 13.0 Å². The summed E-state index contributed by atoms with van der Waals surface area (Å²) in [5, 5.41) is 15.4. The van der Waals surface area contributed by atoms with E-state index >= 15 is 0 Å². The molecule has 1 aliphatic carbocycles. The van der Waals surface area contributed by atoms with Gasteiger partial charge in [-0.05, 0) is 55.5 Å². The fraction of sp³-hybridized carbons (Fsp3) is 0.800. The molecule has 19 heavy (non-hydrogen) atoms. The van der Waals surface area contributed by atoms with E-state index in [9.17, 15) is 5.11 Å². The van der Waals surface area contributed by atoms with Crippen molar-refractivity contribution in [3.05, 3.63) is 15.9 Å². The van der Waals surface area contributed by atoms with E-state index in [2.05, 4.69) is 28.0 Å². The molecule has 1 aliphatic rings. The van der Waals surface area contributed by atoms with Gasteiger partial charge in [0, 0.05) is 13.0 Å². The molecule has 1 heterocycles. The van der Waals surface area contributed by atoms with E-state index in [1.54, 1.807) is 0 Å². The molecular weight excluding hydrogens is 304 g/mol. The predicted octanol–water partition coefficient (Wildman–Crippen LogP) is 3.85. The van der Waals surface area contributed by atoms with Crippen molar-refractivity contribution < 1.29 is 5.11 Å². The minimum absolute atomic E-state index is 0.425. The maximum absolute atomic E-state index is 10.9. The van der Waals surface area contributed by atoms with Gasteiger partial charge in [-0.1, -0.05) is 19.3 Å². The first kappa shape index (κ1) is 15.0. The average molecular weight is 329 g/mol. The van der Waals surface area contributed by atoms with Crippen molar-refractivity contribution in [1.29, 1.82) is 0 Å². The fourth-order valence-electron chi connectivity index (χ4n) is 3.25. The molecule has 0 aliphatic heterocycles. The van der Waals surface area contributed by atoms with Crippen LogP contribution in [0.3, 0.4) is 0 Å². The highest BCUT2D eigenvalue weighted by Gasteiger charge is 2.34. The Balaban J connectivity index is 2.19. The van der Waals surface area contributed by atoms with Gasteiger partial charge >= 0.3 is 0 Å². The van der Waals surface area contributed by atoms with Crippen LogP contribution in [0.5, 0.6) is 0 Å². The number of hydrogen-bond acceptors (Lipinski definition) is 2. The molecule has 1 aromatic heterocycles. The van der Waals surface area contributed by atoms with Crippen LogP contribution >= 0.6 is 15.9 Å². The number of hydrogen-bond donors (Lipinski definition) is 1. The van der Waals surface area contributed by atoms with Crippen molar-refractivity contribution in [1.82, 2.24) is 9.78 Å². The molecule has 0 aromatic carbocycles. The highest BCUT2D eigenvalue weighted by Crippen LogP contribution is 2.36. The molecular formula is C15H25BrN2O. The minimum Gasteiger partial charge on any atom is -0.389 e. The summed E-state index contributed by atoms with van der Waals surface area (Å²) in [5.41, 5.74) is 1.52. The molecule has 1 saturated carbocycles. The van der Waals surface area contributed by atoms with E-state index in [-0.39, 0.29) is 0 Å². The third kappa shape index (κ3) is 3.22. The van der Waals surface area contributed by atoms with E-state index in [1.165, 1.54) is 19.3 Å². The molecule has 0 bridgehead atoms. The number of aryl methyl sites for hydroxylation is 2. The Morgan fingerprint density at radius 2 is 2.00 bits per heavy atom. The van der Waals surface area contributed by atoms with Crippen LogP contribution in [0.15, 0.2) is 4.47 Å². The zero-order chi connectivity index (χ0) is 14.0. The zero-order valence-corrected chi connectivity index (χ0v) is 13.8. The largest absolute Gasteiger partial charge is 0.389 e. The lowest BCUT2D eigenvalue weighted by atomic mass is 9.76. The first-order valence-electron chi connectivity index (χ1n) is 7.40. The van der Waals surface area contributed by atoms with Gasteiger partial charge in [0.05, 0.1) is 21.5 Å². The van der Waals surface area contributed by atoms with Gasteiger partial charge in [-0.15, -0.1) is 0 Å². The predicted molar refractivity (Wildman–Crippen MR) is 81.2 cm³/mol. The Morgan fingerprint density at radius 3 is 2.58 bits per heavy atom. The lowest BCUT2D eigenvalue weighted by Gasteiger charge is -2.35. The summed E-state index contributed by atoms with van der Waals surface area (Å²) in [7, 11) is 0. The van der Waals surface area contributed by atoms with Crippen LogP contribution in [0.4, 0.5) is 0 Å². The van der Waals surface area contributed by atoms with Crippen molar-refractivity contribution in [2.75, 3.05) is 0 Å². The summed E-state index contributed by atoms with van der Waals surface area (Å²) in [6.45, 7) is 6.95. The molecule has 1 unspecified atom stereocenters. The van der Waals surface area contributed by atoms with Crippen molar-refractivity contribution in [3.63, 3.8) is 0 Å². The average Bonchev–Trinajstić information content (AvgIpc) is 2.67. The Bertz CT molecular complexity index is 434. The second-order valence-corrected chi connectivity index (χ2v) is 6.82. The molecule has 0 saturated heterocycles. The Kier molecular flexibility index (Phi) is 4.72. The van der Waals surface area contributed by atoms with Crippen LogP contribution < -0.4 is 0 Å². The summed E-state index contributed by atoms with van der Waals surface area (Å²) in [4.78, 5) is 0. The maximum atomic E-state index is 10.9. The topological polar surface area (TPSA) is 38.0 Å². The Hall–Kier alpha value is -0.350. The third-order valence-corrected chi connectivity index (χ3v) is 5.49. The van der Waals surface area contributed by atoms with Crippen LogP contribution in [0, 0.1) is 12.8 Å². The molecule has 1 fully saturated rings. The summed E-state index contributed by atoms with van der Waals surface area (Å²) < 4.78 is 3.07. The second-order valence-electron chi connectivity index (χ2n) is 6.03. The lowest BCUT2D eigenvalue weighted by Crippen LogP contribution is -2.38. The molecule has 1 aromatic rings. The third-order valence-electron chi connectivity index (χ3n) is 4.46. The zero-order valence-electron chi connectivity index (χ0n) is 12.2. The summed E-state index contributed by atoms with van der Waals surface area (Å²) in [6, 6.07) is 0. The molecule has 0 radical (unpaired) electrons. The number of aromatic nitrogens is 2. The van der Waals surface area contributed by atoms with E-state index in [1.807, 2.05) is 18.5 Å². The number of halogens is 1.